The fourth-order valence-corrected chi connectivity index (χ4v) is 6.21. The first-order valence-corrected chi connectivity index (χ1v) is 13.0. The van der Waals surface area contributed by atoms with Gasteiger partial charge in [0.15, 0.2) is 0 Å². The van der Waals surface area contributed by atoms with Crippen LogP contribution >= 0.6 is 0 Å². The van der Waals surface area contributed by atoms with Crippen molar-refractivity contribution in [3.8, 4) is 0 Å². The van der Waals surface area contributed by atoms with Crippen molar-refractivity contribution in [2.45, 2.75) is 63.5 Å². The predicted molar refractivity (Wildman–Crippen MR) is 136 cm³/mol. The number of H-pyrrole nitrogens is 1. The monoisotopic (exact) mass is 538 g/mol. The summed E-state index contributed by atoms with van der Waals surface area (Å²) in [4.78, 5) is 6.43. The van der Waals surface area contributed by atoms with Crippen LogP contribution < -0.4 is 5.32 Å². The maximum atomic E-state index is 15.7. The van der Waals surface area contributed by atoms with Gasteiger partial charge in [-0.15, -0.1) is 0 Å². The summed E-state index contributed by atoms with van der Waals surface area (Å²) in [5.41, 5.74) is 1.72. The van der Waals surface area contributed by atoms with Crippen LogP contribution in [0.25, 0.3) is 10.9 Å². The highest BCUT2D eigenvalue weighted by atomic mass is 19.4. The van der Waals surface area contributed by atoms with Gasteiger partial charge < -0.3 is 10.3 Å². The van der Waals surface area contributed by atoms with Gasteiger partial charge in [-0.25, -0.2) is 8.78 Å². The molecule has 1 saturated heterocycles. The van der Waals surface area contributed by atoms with Crippen molar-refractivity contribution in [2.24, 2.45) is 0 Å². The van der Waals surface area contributed by atoms with Gasteiger partial charge in [-0.05, 0) is 56.9 Å². The third-order valence-electron chi connectivity index (χ3n) is 7.89. The number of para-hydroxylation sites is 1. The number of benzene rings is 2. The van der Waals surface area contributed by atoms with E-state index < -0.39 is 48.7 Å². The van der Waals surface area contributed by atoms with E-state index in [1.54, 1.807) is 13.0 Å². The van der Waals surface area contributed by atoms with Gasteiger partial charge in [-0.3, -0.25) is 14.2 Å². The van der Waals surface area contributed by atoms with Gasteiger partial charge in [0, 0.05) is 59.1 Å². The first-order valence-electron chi connectivity index (χ1n) is 13.0. The minimum atomic E-state index is -4.54. The van der Waals surface area contributed by atoms with E-state index in [9.17, 15) is 17.6 Å². The first kappa shape index (κ1) is 26.9. The lowest BCUT2D eigenvalue weighted by Gasteiger charge is -2.41. The Labute approximate surface area is 218 Å². The summed E-state index contributed by atoms with van der Waals surface area (Å²) in [6, 6.07) is 7.92. The molecule has 2 aliphatic heterocycles. The number of hydrogen-bond acceptors (Lipinski definition) is 3. The number of anilines is 1. The molecule has 0 aliphatic carbocycles. The topological polar surface area (TPSA) is 34.3 Å². The summed E-state index contributed by atoms with van der Waals surface area (Å²) in [6.07, 6.45) is -3.06. The summed E-state index contributed by atoms with van der Waals surface area (Å²) in [7, 11) is 0. The maximum Gasteiger partial charge on any atom is 0.401 e. The van der Waals surface area contributed by atoms with E-state index >= 15 is 8.78 Å². The normalized spacial score (nSPS) is 24.7. The standard InChI is InChI=1S/C28H32F6N4/c1-16-10-19(14-37(16)9-5-8-29)35-18-12-22(30)25(23(31)13-18)27-26-21(20-6-3-4-7-24(20)36-26)11-17(2)38(27)15-28(32,33)34/h3-4,6-7,12-13,16-17,19,27,35-36H,5,8-11,14-15H2,1-2H3/t16-,17+,19?,27+/m0/s1. The van der Waals surface area contributed by atoms with E-state index in [2.05, 4.69) is 15.2 Å². The average Bonchev–Trinajstić information content (AvgIpc) is 3.37. The molecular formula is C28H32F6N4. The largest absolute Gasteiger partial charge is 0.401 e. The quantitative estimate of drug-likeness (QED) is 0.334. The Morgan fingerprint density at radius 1 is 1.05 bits per heavy atom. The molecule has 0 radical (unpaired) electrons. The van der Waals surface area contributed by atoms with Crippen LogP contribution in [-0.2, 0) is 6.42 Å². The lowest BCUT2D eigenvalue weighted by atomic mass is 9.88. The fraction of sp³-hybridized carbons (Fsp3) is 0.500. The van der Waals surface area contributed by atoms with Crippen LogP contribution in [-0.4, -0.2) is 65.4 Å². The third-order valence-corrected chi connectivity index (χ3v) is 7.89. The molecule has 1 unspecified atom stereocenters. The molecule has 0 amide bonds. The predicted octanol–water partition coefficient (Wildman–Crippen LogP) is 6.58. The average molecular weight is 539 g/mol. The highest BCUT2D eigenvalue weighted by Gasteiger charge is 2.44. The second-order valence-corrected chi connectivity index (χ2v) is 10.6. The van der Waals surface area contributed by atoms with Gasteiger partial charge in [0.05, 0.1) is 19.3 Å². The minimum Gasteiger partial charge on any atom is -0.381 e. The van der Waals surface area contributed by atoms with Crippen LogP contribution in [0.3, 0.4) is 0 Å². The molecule has 4 atom stereocenters. The Kier molecular flexibility index (Phi) is 7.39. The van der Waals surface area contributed by atoms with Crippen molar-refractivity contribution in [1.29, 1.82) is 0 Å². The molecule has 0 bridgehead atoms. The Hall–Kier alpha value is -2.72. The number of nitrogens with one attached hydrogen (secondary N) is 2. The summed E-state index contributed by atoms with van der Waals surface area (Å²) in [5.74, 6) is -1.80. The number of fused-ring (bicyclic) bond motifs is 3. The lowest BCUT2D eigenvalue weighted by Crippen LogP contribution is -2.47. The number of rotatable bonds is 7. The summed E-state index contributed by atoms with van der Waals surface area (Å²) in [5, 5.41) is 4.02. The van der Waals surface area contributed by atoms with Gasteiger partial charge in [-0.2, -0.15) is 13.2 Å². The summed E-state index contributed by atoms with van der Waals surface area (Å²) < 4.78 is 85.0. The van der Waals surface area contributed by atoms with Crippen LogP contribution in [0.5, 0.6) is 0 Å². The second kappa shape index (κ2) is 10.4. The summed E-state index contributed by atoms with van der Waals surface area (Å²) >= 11 is 0. The van der Waals surface area contributed by atoms with E-state index in [1.165, 1.54) is 12.1 Å². The van der Waals surface area contributed by atoms with Crippen LogP contribution in [0.4, 0.5) is 32.0 Å². The molecule has 2 aromatic carbocycles. The fourth-order valence-electron chi connectivity index (χ4n) is 6.21. The number of nitrogens with zero attached hydrogens (tertiary/aromatic N) is 2. The molecule has 5 rings (SSSR count). The molecule has 1 aromatic heterocycles. The van der Waals surface area contributed by atoms with Crippen LogP contribution in [0.2, 0.25) is 0 Å². The molecule has 0 saturated carbocycles. The van der Waals surface area contributed by atoms with Gasteiger partial charge in [0.1, 0.15) is 11.6 Å². The van der Waals surface area contributed by atoms with E-state index in [1.807, 2.05) is 25.1 Å². The molecule has 38 heavy (non-hydrogen) atoms. The molecule has 3 aromatic rings. The van der Waals surface area contributed by atoms with Crippen LogP contribution in [0.1, 0.15) is 49.6 Å². The molecular weight excluding hydrogens is 506 g/mol. The number of hydrogen-bond donors (Lipinski definition) is 2. The summed E-state index contributed by atoms with van der Waals surface area (Å²) in [6.45, 7) is 3.22. The highest BCUT2D eigenvalue weighted by molar-refractivity contribution is 5.85. The van der Waals surface area contributed by atoms with Crippen LogP contribution in [0, 0.1) is 11.6 Å². The van der Waals surface area contributed by atoms with Crippen molar-refractivity contribution in [2.75, 3.05) is 31.6 Å². The molecule has 4 nitrogen and oxygen atoms in total. The minimum absolute atomic E-state index is 0.0778. The zero-order valence-corrected chi connectivity index (χ0v) is 21.4. The van der Waals surface area contributed by atoms with Gasteiger partial charge in [-0.1, -0.05) is 18.2 Å². The van der Waals surface area contributed by atoms with Gasteiger partial charge >= 0.3 is 6.18 Å². The van der Waals surface area contributed by atoms with Gasteiger partial charge in [0.2, 0.25) is 0 Å². The number of aromatic nitrogens is 1. The zero-order valence-electron chi connectivity index (χ0n) is 21.4. The third kappa shape index (κ3) is 5.25. The first-order chi connectivity index (χ1) is 18.1. The maximum absolute atomic E-state index is 15.7. The molecule has 206 valence electrons. The number of likely N-dealkylation sites (tertiary alicyclic amines) is 1. The number of aromatic amines is 1. The van der Waals surface area contributed by atoms with Crippen molar-refractivity contribution < 1.29 is 26.3 Å². The molecule has 1 fully saturated rings. The molecule has 2 N–H and O–H groups in total. The Balaban J connectivity index is 1.50. The molecule has 2 aliphatic rings. The Morgan fingerprint density at radius 2 is 1.76 bits per heavy atom. The highest BCUT2D eigenvalue weighted by Crippen LogP contribution is 2.44. The molecule has 3 heterocycles. The number of alkyl halides is 4. The van der Waals surface area contributed by atoms with Crippen molar-refractivity contribution in [1.82, 2.24) is 14.8 Å². The van der Waals surface area contributed by atoms with Gasteiger partial charge in [0.25, 0.3) is 0 Å². The lowest BCUT2D eigenvalue weighted by molar-refractivity contribution is -0.155. The second-order valence-electron chi connectivity index (χ2n) is 10.6. The van der Waals surface area contributed by atoms with Crippen molar-refractivity contribution in [3.63, 3.8) is 0 Å². The van der Waals surface area contributed by atoms with E-state index in [0.717, 1.165) is 27.8 Å². The number of halogens is 6. The van der Waals surface area contributed by atoms with Crippen molar-refractivity contribution in [3.05, 3.63) is 64.9 Å². The van der Waals surface area contributed by atoms with E-state index in [-0.39, 0.29) is 17.8 Å². The van der Waals surface area contributed by atoms with Crippen LogP contribution in [0.15, 0.2) is 36.4 Å². The zero-order chi connectivity index (χ0) is 27.2. The Bertz CT molecular complexity index is 1270. The van der Waals surface area contributed by atoms with E-state index in [4.69, 9.17) is 0 Å². The van der Waals surface area contributed by atoms with E-state index in [0.29, 0.717) is 31.6 Å². The molecule has 0 spiro atoms. The SMILES string of the molecule is C[C@@H]1Cc2c([nH]c3ccccc23)[C@@H](c2c(F)cc(NC3C[C@H](C)N(CCCF)C3)cc2F)N1CC(F)(F)F. The van der Waals surface area contributed by atoms with Crippen molar-refractivity contribution >= 4 is 16.6 Å². The molecule has 10 heteroatoms. The smallest absolute Gasteiger partial charge is 0.381 e. The Morgan fingerprint density at radius 3 is 2.45 bits per heavy atom.